The monoisotopic (exact) mass is 544 g/mol. The highest BCUT2D eigenvalue weighted by Crippen LogP contribution is 2.32. The summed E-state index contributed by atoms with van der Waals surface area (Å²) in [4.78, 5) is 14.9. The molecule has 0 unspecified atom stereocenters. The van der Waals surface area contributed by atoms with Crippen molar-refractivity contribution in [1.29, 1.82) is 0 Å². The number of hydrogen-bond donors (Lipinski definition) is 2. The summed E-state index contributed by atoms with van der Waals surface area (Å²) >= 11 is 0. The molecule has 2 heterocycles. The van der Waals surface area contributed by atoms with Gasteiger partial charge < -0.3 is 19.3 Å². The summed E-state index contributed by atoms with van der Waals surface area (Å²) in [6, 6.07) is 3.73. The second-order valence-electron chi connectivity index (χ2n) is 9.14. The first-order valence-corrected chi connectivity index (χ1v) is 14.6. The first kappa shape index (κ1) is 27.9. The van der Waals surface area contributed by atoms with Gasteiger partial charge >= 0.3 is 0 Å². The number of likely N-dealkylation sites (N-methyl/N-ethyl adjacent to an activating group) is 1. The summed E-state index contributed by atoms with van der Waals surface area (Å²) in [5.41, 5.74) is 0.384. The van der Waals surface area contributed by atoms with Gasteiger partial charge in [0.15, 0.2) is 10.7 Å². The minimum absolute atomic E-state index is 0.0371. The molecule has 14 heteroatoms. The zero-order valence-electron chi connectivity index (χ0n) is 21.0. The largest absolute Gasteiger partial charge is 0.488 e. The highest BCUT2D eigenvalue weighted by atomic mass is 32.2. The Balaban J connectivity index is 2.04. The van der Waals surface area contributed by atoms with Crippen LogP contribution < -0.4 is 9.46 Å². The van der Waals surface area contributed by atoms with Crippen LogP contribution in [0.15, 0.2) is 27.6 Å². The number of ether oxygens (including phenoxy) is 1. The van der Waals surface area contributed by atoms with E-state index in [1.165, 1.54) is 48.3 Å². The Labute approximate surface area is 211 Å². The Kier molecular flexibility index (Phi) is 8.03. The van der Waals surface area contributed by atoms with Gasteiger partial charge in [0.1, 0.15) is 17.5 Å². The Morgan fingerprint density at radius 3 is 2.50 bits per heavy atom. The van der Waals surface area contributed by atoms with Crippen LogP contribution in [0.25, 0.3) is 0 Å². The maximum atomic E-state index is 13.5. The van der Waals surface area contributed by atoms with Crippen molar-refractivity contribution < 1.29 is 36.0 Å². The van der Waals surface area contributed by atoms with Crippen LogP contribution in [0.3, 0.4) is 0 Å². The normalized spacial score (nSPS) is 19.9. The zero-order chi connectivity index (χ0) is 27.0. The van der Waals surface area contributed by atoms with E-state index < -0.39 is 38.1 Å². The minimum Gasteiger partial charge on any atom is -0.488 e. The van der Waals surface area contributed by atoms with E-state index in [0.29, 0.717) is 0 Å². The lowest BCUT2D eigenvalue weighted by molar-refractivity contribution is 0.0387. The second-order valence-corrected chi connectivity index (χ2v) is 12.8. The molecule has 1 aromatic carbocycles. The van der Waals surface area contributed by atoms with E-state index in [0.717, 1.165) is 6.26 Å². The van der Waals surface area contributed by atoms with Gasteiger partial charge in [-0.3, -0.25) is 9.52 Å². The molecule has 3 atom stereocenters. The molecule has 1 aromatic heterocycles. The van der Waals surface area contributed by atoms with E-state index in [2.05, 4.69) is 9.88 Å². The fourth-order valence-corrected chi connectivity index (χ4v) is 5.76. The van der Waals surface area contributed by atoms with Crippen LogP contribution in [-0.4, -0.2) is 87.4 Å². The number of carbonyl (C=O) groups is 1. The number of sulfonamides is 2. The quantitative estimate of drug-likeness (QED) is 0.498. The molecule has 2 N–H and O–H groups in total. The molecular formula is C22H32N4O8S2. The van der Waals surface area contributed by atoms with Crippen LogP contribution in [0.4, 0.5) is 5.69 Å². The van der Waals surface area contributed by atoms with Crippen molar-refractivity contribution in [3.05, 3.63) is 35.2 Å². The summed E-state index contributed by atoms with van der Waals surface area (Å²) in [6.07, 6.45) is 0.477. The van der Waals surface area contributed by atoms with Crippen LogP contribution >= 0.6 is 0 Å². The molecule has 200 valence electrons. The lowest BCUT2D eigenvalue weighted by Crippen LogP contribution is -2.50. The molecule has 3 rings (SSSR count). The molecule has 0 fully saturated rings. The van der Waals surface area contributed by atoms with Crippen molar-refractivity contribution >= 4 is 31.6 Å². The molecule has 2 aromatic rings. The van der Waals surface area contributed by atoms with Crippen molar-refractivity contribution in [3.8, 4) is 5.75 Å². The number of benzene rings is 1. The van der Waals surface area contributed by atoms with Crippen LogP contribution in [-0.2, 0) is 20.0 Å². The molecule has 1 aliphatic heterocycles. The molecule has 0 bridgehead atoms. The van der Waals surface area contributed by atoms with Crippen molar-refractivity contribution in [2.45, 2.75) is 44.7 Å². The van der Waals surface area contributed by atoms with Crippen LogP contribution in [0.2, 0.25) is 0 Å². The number of aliphatic hydroxyl groups is 1. The van der Waals surface area contributed by atoms with Gasteiger partial charge in [0, 0.05) is 25.2 Å². The average molecular weight is 545 g/mol. The fraction of sp³-hybridized carbons (Fsp3) is 0.545. The van der Waals surface area contributed by atoms with E-state index >= 15 is 0 Å². The van der Waals surface area contributed by atoms with Crippen LogP contribution in [0.5, 0.6) is 5.75 Å². The molecule has 12 nitrogen and oxygen atoms in total. The Bertz CT molecular complexity index is 1320. The molecular weight excluding hydrogens is 512 g/mol. The van der Waals surface area contributed by atoms with Gasteiger partial charge in [-0.15, -0.1) is 0 Å². The number of aryl methyl sites for hydroxylation is 2. The average Bonchev–Trinajstić information content (AvgIpc) is 3.13. The number of nitrogens with zero attached hydrogens (tertiary/aromatic N) is 3. The third-order valence-electron chi connectivity index (χ3n) is 6.16. The van der Waals surface area contributed by atoms with Gasteiger partial charge in [-0.25, -0.2) is 21.1 Å². The van der Waals surface area contributed by atoms with E-state index in [1.807, 2.05) is 6.92 Å². The van der Waals surface area contributed by atoms with Crippen molar-refractivity contribution in [3.63, 3.8) is 0 Å². The smallest absolute Gasteiger partial charge is 0.267 e. The third-order valence-corrected chi connectivity index (χ3v) is 9.06. The summed E-state index contributed by atoms with van der Waals surface area (Å²) in [5, 5.41) is 13.4. The highest BCUT2D eigenvalue weighted by molar-refractivity contribution is 7.92. The van der Waals surface area contributed by atoms with Crippen LogP contribution in [0.1, 0.15) is 35.7 Å². The molecule has 0 saturated heterocycles. The lowest BCUT2D eigenvalue weighted by atomic mass is 9.99. The standard InChI is InChI=1S/C22H32N4O8S2/c1-13-10-26(14(2)12-27)22(28)18-9-17(24-36(31,32)21-15(3)23-34-16(21)4)7-8-19(18)33-20(13)11-25(5)35(6,29)30/h7-9,13-14,20,24,27H,10-12H2,1-6H3/t13-,14-,20-/m0/s1. The minimum atomic E-state index is -4.06. The number of aromatic nitrogens is 1. The van der Waals surface area contributed by atoms with Gasteiger partial charge in [0.2, 0.25) is 10.0 Å². The maximum absolute atomic E-state index is 13.5. The van der Waals surface area contributed by atoms with E-state index in [-0.39, 0.29) is 59.0 Å². The zero-order valence-corrected chi connectivity index (χ0v) is 22.7. The summed E-state index contributed by atoms with van der Waals surface area (Å²) in [5.74, 6) is -0.431. The van der Waals surface area contributed by atoms with E-state index in [4.69, 9.17) is 9.26 Å². The molecule has 0 aliphatic carbocycles. The van der Waals surface area contributed by atoms with Gasteiger partial charge in [-0.1, -0.05) is 12.1 Å². The molecule has 36 heavy (non-hydrogen) atoms. The molecule has 1 amide bonds. The van der Waals surface area contributed by atoms with Gasteiger partial charge in [-0.2, -0.15) is 0 Å². The first-order chi connectivity index (χ1) is 16.7. The number of anilines is 1. The Morgan fingerprint density at radius 2 is 1.94 bits per heavy atom. The number of aliphatic hydroxyl groups excluding tert-OH is 1. The molecule has 1 aliphatic rings. The highest BCUT2D eigenvalue weighted by Gasteiger charge is 2.35. The van der Waals surface area contributed by atoms with E-state index in [9.17, 15) is 26.7 Å². The number of rotatable bonds is 8. The molecule has 0 radical (unpaired) electrons. The van der Waals surface area contributed by atoms with Crippen molar-refractivity contribution in [2.75, 3.05) is 37.7 Å². The number of fused-ring (bicyclic) bond motifs is 1. The number of carbonyl (C=O) groups excluding carboxylic acids is 1. The SMILES string of the molecule is Cc1noc(C)c1S(=O)(=O)Nc1ccc2c(c1)C(=O)N([C@@H](C)CO)C[C@H](C)[C@H](CN(C)S(C)(=O)=O)O2. The van der Waals surface area contributed by atoms with Crippen molar-refractivity contribution in [2.24, 2.45) is 5.92 Å². The van der Waals surface area contributed by atoms with Gasteiger partial charge in [0.05, 0.1) is 31.0 Å². The second kappa shape index (κ2) is 10.4. The molecule has 0 spiro atoms. The Morgan fingerprint density at radius 1 is 1.28 bits per heavy atom. The third kappa shape index (κ3) is 5.82. The molecule has 0 saturated carbocycles. The first-order valence-electron chi connectivity index (χ1n) is 11.2. The summed E-state index contributed by atoms with van der Waals surface area (Å²) in [7, 11) is -6.10. The van der Waals surface area contributed by atoms with Gasteiger partial charge in [0.25, 0.3) is 15.9 Å². The fourth-order valence-electron chi connectivity index (χ4n) is 3.96. The van der Waals surface area contributed by atoms with Crippen molar-refractivity contribution in [1.82, 2.24) is 14.4 Å². The number of hydrogen-bond acceptors (Lipinski definition) is 9. The van der Waals surface area contributed by atoms with Gasteiger partial charge in [-0.05, 0) is 39.0 Å². The lowest BCUT2D eigenvalue weighted by Gasteiger charge is -2.38. The maximum Gasteiger partial charge on any atom is 0.267 e. The number of amides is 1. The summed E-state index contributed by atoms with van der Waals surface area (Å²) in [6.45, 7) is 6.45. The Hall–Kier alpha value is -2.68. The topological polar surface area (TPSA) is 159 Å². The van der Waals surface area contributed by atoms with Crippen LogP contribution in [0, 0.1) is 19.8 Å². The number of nitrogens with one attached hydrogen (secondary N) is 1. The predicted octanol–water partition coefficient (Wildman–Crippen LogP) is 1.20. The summed E-state index contributed by atoms with van der Waals surface area (Å²) < 4.78 is 64.7. The predicted molar refractivity (Wildman–Crippen MR) is 132 cm³/mol. The van der Waals surface area contributed by atoms with E-state index in [1.54, 1.807) is 6.92 Å².